The Kier molecular flexibility index (Phi) is 8.42. The molecule has 0 amide bonds. The van der Waals surface area contributed by atoms with Crippen molar-refractivity contribution in [3.63, 3.8) is 0 Å². The fourth-order valence-corrected chi connectivity index (χ4v) is 4.11. The van der Waals surface area contributed by atoms with Crippen LogP contribution >= 0.6 is 24.0 Å². The van der Waals surface area contributed by atoms with Crippen molar-refractivity contribution in [3.8, 4) is 0 Å². The molecule has 0 N–H and O–H groups in total. The Hall–Kier alpha value is -1.40. The van der Waals surface area contributed by atoms with E-state index >= 15 is 0 Å². The second-order valence-corrected chi connectivity index (χ2v) is 8.04. The zero-order valence-electron chi connectivity index (χ0n) is 14.5. The van der Waals surface area contributed by atoms with Crippen LogP contribution in [0.25, 0.3) is 0 Å². The summed E-state index contributed by atoms with van der Waals surface area (Å²) in [6.07, 6.45) is 0.520. The standard InChI is InChI=1S/C18H24O4S2/c1-5-21-17(23)24-18(4,12-22-14(3)19)11-13(2)16(20)15-9-7-6-8-10-15/h6-10,13H,5,11-12H2,1-4H3. The van der Waals surface area contributed by atoms with E-state index in [1.165, 1.54) is 18.7 Å². The molecule has 0 aliphatic rings. The van der Waals surface area contributed by atoms with Gasteiger partial charge in [0.1, 0.15) is 6.61 Å². The summed E-state index contributed by atoms with van der Waals surface area (Å²) in [7, 11) is 0. The molecule has 6 heteroatoms. The summed E-state index contributed by atoms with van der Waals surface area (Å²) in [5.41, 5.74) is 0.678. The van der Waals surface area contributed by atoms with Gasteiger partial charge in [0, 0.05) is 18.4 Å². The van der Waals surface area contributed by atoms with Gasteiger partial charge in [0.15, 0.2) is 5.78 Å². The van der Waals surface area contributed by atoms with E-state index in [9.17, 15) is 9.59 Å². The van der Waals surface area contributed by atoms with E-state index in [0.29, 0.717) is 23.0 Å². The van der Waals surface area contributed by atoms with Gasteiger partial charge >= 0.3 is 5.97 Å². The quantitative estimate of drug-likeness (QED) is 0.388. The van der Waals surface area contributed by atoms with Gasteiger partial charge in [0.05, 0.1) is 11.4 Å². The summed E-state index contributed by atoms with van der Waals surface area (Å²) in [6.45, 7) is 7.69. The molecule has 0 radical (unpaired) electrons. The molecule has 132 valence electrons. The molecular formula is C18H24O4S2. The van der Waals surface area contributed by atoms with E-state index in [4.69, 9.17) is 21.7 Å². The van der Waals surface area contributed by atoms with Gasteiger partial charge in [-0.2, -0.15) is 0 Å². The Labute approximate surface area is 153 Å². The Morgan fingerprint density at radius 3 is 2.42 bits per heavy atom. The number of thioether (sulfide) groups is 1. The van der Waals surface area contributed by atoms with Crippen LogP contribution in [0, 0.1) is 5.92 Å². The molecule has 1 aromatic carbocycles. The normalized spacial score (nSPS) is 14.3. The van der Waals surface area contributed by atoms with Crippen LogP contribution in [0.15, 0.2) is 30.3 Å². The lowest BCUT2D eigenvalue weighted by atomic mass is 9.90. The fourth-order valence-electron chi connectivity index (χ4n) is 2.36. The van der Waals surface area contributed by atoms with Gasteiger partial charge in [-0.05, 0) is 32.5 Å². The van der Waals surface area contributed by atoms with Gasteiger partial charge in [0.25, 0.3) is 0 Å². The predicted octanol–water partition coefficient (Wildman–Crippen LogP) is 4.27. The van der Waals surface area contributed by atoms with Gasteiger partial charge in [0.2, 0.25) is 4.38 Å². The van der Waals surface area contributed by atoms with Crippen molar-refractivity contribution < 1.29 is 19.1 Å². The van der Waals surface area contributed by atoms with E-state index in [1.807, 2.05) is 39.0 Å². The first kappa shape index (κ1) is 20.6. The molecule has 0 fully saturated rings. The number of hydrogen-bond acceptors (Lipinski definition) is 6. The highest BCUT2D eigenvalue weighted by Crippen LogP contribution is 2.35. The highest BCUT2D eigenvalue weighted by molar-refractivity contribution is 8.23. The summed E-state index contributed by atoms with van der Waals surface area (Å²) in [6, 6.07) is 9.18. The Morgan fingerprint density at radius 1 is 1.25 bits per heavy atom. The number of rotatable bonds is 8. The van der Waals surface area contributed by atoms with Crippen LogP contribution in [0.2, 0.25) is 0 Å². The molecule has 24 heavy (non-hydrogen) atoms. The van der Waals surface area contributed by atoms with Crippen LogP contribution in [0.1, 0.15) is 44.5 Å². The minimum atomic E-state index is -0.526. The average molecular weight is 369 g/mol. The van der Waals surface area contributed by atoms with Crippen molar-refractivity contribution in [2.75, 3.05) is 13.2 Å². The number of carbonyl (C=O) groups excluding carboxylic acids is 2. The molecule has 0 aliphatic carbocycles. The third-order valence-electron chi connectivity index (χ3n) is 3.42. The topological polar surface area (TPSA) is 52.6 Å². The Balaban J connectivity index is 2.83. The van der Waals surface area contributed by atoms with Gasteiger partial charge in [-0.1, -0.05) is 49.0 Å². The van der Waals surface area contributed by atoms with Crippen molar-refractivity contribution in [3.05, 3.63) is 35.9 Å². The number of carbonyl (C=O) groups is 2. The number of benzene rings is 1. The zero-order valence-corrected chi connectivity index (χ0v) is 16.2. The van der Waals surface area contributed by atoms with E-state index < -0.39 is 4.75 Å². The monoisotopic (exact) mass is 368 g/mol. The largest absolute Gasteiger partial charge is 0.479 e. The summed E-state index contributed by atoms with van der Waals surface area (Å²) >= 11 is 6.54. The molecule has 0 heterocycles. The fraction of sp³-hybridized carbons (Fsp3) is 0.500. The van der Waals surface area contributed by atoms with Crippen LogP contribution in [-0.2, 0) is 14.3 Å². The maximum Gasteiger partial charge on any atom is 0.302 e. The predicted molar refractivity (Wildman–Crippen MR) is 101 cm³/mol. The van der Waals surface area contributed by atoms with Gasteiger partial charge in [-0.15, -0.1) is 0 Å². The number of hydrogen-bond donors (Lipinski definition) is 0. The van der Waals surface area contributed by atoms with Crippen LogP contribution < -0.4 is 0 Å². The second-order valence-electron chi connectivity index (χ2n) is 5.85. The Morgan fingerprint density at radius 2 is 1.88 bits per heavy atom. The molecule has 2 atom stereocenters. The van der Waals surface area contributed by atoms with Crippen molar-refractivity contribution >= 4 is 40.1 Å². The van der Waals surface area contributed by atoms with Crippen LogP contribution in [0.5, 0.6) is 0 Å². The number of Topliss-reactive ketones (excluding diaryl/α,β-unsaturated/α-hetero) is 1. The molecule has 2 unspecified atom stereocenters. The molecule has 1 rings (SSSR count). The number of ether oxygens (including phenoxy) is 2. The van der Waals surface area contributed by atoms with Gasteiger partial charge in [-0.25, -0.2) is 0 Å². The van der Waals surface area contributed by atoms with Crippen LogP contribution in [0.4, 0.5) is 0 Å². The summed E-state index contributed by atoms with van der Waals surface area (Å²) in [5, 5.41) is 0. The maximum absolute atomic E-state index is 12.6. The number of ketones is 1. The molecule has 0 saturated carbocycles. The van der Waals surface area contributed by atoms with E-state index in [1.54, 1.807) is 12.1 Å². The summed E-state index contributed by atoms with van der Waals surface area (Å²) < 4.78 is 10.4. The first-order chi connectivity index (χ1) is 11.3. The van der Waals surface area contributed by atoms with Crippen LogP contribution in [-0.4, -0.2) is 34.1 Å². The lowest BCUT2D eigenvalue weighted by Gasteiger charge is -2.30. The molecule has 0 bridgehead atoms. The van der Waals surface area contributed by atoms with Crippen molar-refractivity contribution in [1.29, 1.82) is 0 Å². The minimum Gasteiger partial charge on any atom is -0.479 e. The molecule has 0 aromatic heterocycles. The molecule has 4 nitrogen and oxygen atoms in total. The lowest BCUT2D eigenvalue weighted by Crippen LogP contribution is -2.34. The molecule has 0 aliphatic heterocycles. The third-order valence-corrected chi connectivity index (χ3v) is 4.85. The lowest BCUT2D eigenvalue weighted by molar-refractivity contribution is -0.141. The summed E-state index contributed by atoms with van der Waals surface area (Å²) in [5.74, 6) is -0.524. The van der Waals surface area contributed by atoms with E-state index in [0.717, 1.165) is 0 Å². The number of thiocarbonyl (C=S) groups is 1. The summed E-state index contributed by atoms with van der Waals surface area (Å²) in [4.78, 5) is 23.8. The van der Waals surface area contributed by atoms with Gasteiger partial charge in [-0.3, -0.25) is 9.59 Å². The SMILES string of the molecule is CCOC(=S)SC(C)(COC(C)=O)CC(C)C(=O)c1ccccc1. The van der Waals surface area contributed by atoms with E-state index in [2.05, 4.69) is 0 Å². The van der Waals surface area contributed by atoms with Gasteiger partial charge < -0.3 is 9.47 Å². The first-order valence-electron chi connectivity index (χ1n) is 7.86. The van der Waals surface area contributed by atoms with Crippen molar-refractivity contribution in [2.45, 2.75) is 38.9 Å². The van der Waals surface area contributed by atoms with E-state index in [-0.39, 0.29) is 24.3 Å². The smallest absolute Gasteiger partial charge is 0.302 e. The van der Waals surface area contributed by atoms with Crippen molar-refractivity contribution in [1.82, 2.24) is 0 Å². The third kappa shape index (κ3) is 7.01. The van der Waals surface area contributed by atoms with Crippen molar-refractivity contribution in [2.24, 2.45) is 5.92 Å². The molecule has 1 aromatic rings. The molecule has 0 saturated heterocycles. The average Bonchev–Trinajstić information content (AvgIpc) is 2.53. The maximum atomic E-state index is 12.6. The highest BCUT2D eigenvalue weighted by Gasteiger charge is 2.33. The van der Waals surface area contributed by atoms with Crippen LogP contribution in [0.3, 0.4) is 0 Å². The number of esters is 1. The minimum absolute atomic E-state index is 0.0626. The zero-order chi connectivity index (χ0) is 18.2. The second kappa shape index (κ2) is 9.79. The first-order valence-corrected chi connectivity index (χ1v) is 9.08. The highest BCUT2D eigenvalue weighted by atomic mass is 32.2. The molecule has 0 spiro atoms. The molecular weight excluding hydrogens is 344 g/mol. The Bertz CT molecular complexity index is 574.